The third-order valence-corrected chi connectivity index (χ3v) is 3.75. The standard InChI is InChI=1S/C18H21N7O/c1-13-3-5-15(6-4-13)24-18(26)21-8-7-20-16-11-17(23-12-22-16)25-10-9-19-14(25)2/h3-6,9-12H,7-8H2,1-2H3,(H,20,22,23)(H2,21,24,26). The second-order valence-corrected chi connectivity index (χ2v) is 5.78. The molecule has 134 valence electrons. The average molecular weight is 351 g/mol. The molecule has 0 radical (unpaired) electrons. The molecule has 3 N–H and O–H groups in total. The van der Waals surface area contributed by atoms with Crippen LogP contribution < -0.4 is 16.0 Å². The van der Waals surface area contributed by atoms with Crippen LogP contribution in [0.15, 0.2) is 49.1 Å². The van der Waals surface area contributed by atoms with Crippen molar-refractivity contribution in [3.63, 3.8) is 0 Å². The van der Waals surface area contributed by atoms with Crippen molar-refractivity contribution in [3.05, 3.63) is 60.4 Å². The molecular weight excluding hydrogens is 330 g/mol. The molecule has 1 aromatic carbocycles. The number of rotatable bonds is 6. The molecule has 0 spiro atoms. The summed E-state index contributed by atoms with van der Waals surface area (Å²) in [5.74, 6) is 2.27. The van der Waals surface area contributed by atoms with Crippen LogP contribution in [0.25, 0.3) is 5.82 Å². The highest BCUT2D eigenvalue weighted by Gasteiger charge is 2.04. The molecular formula is C18H21N7O. The summed E-state index contributed by atoms with van der Waals surface area (Å²) in [4.78, 5) is 24.5. The highest BCUT2D eigenvalue weighted by atomic mass is 16.2. The van der Waals surface area contributed by atoms with Crippen LogP contribution in [0, 0.1) is 13.8 Å². The van der Waals surface area contributed by atoms with E-state index in [1.54, 1.807) is 6.20 Å². The van der Waals surface area contributed by atoms with E-state index in [0.29, 0.717) is 18.9 Å². The fourth-order valence-corrected chi connectivity index (χ4v) is 2.37. The number of carbonyl (C=O) groups is 1. The van der Waals surface area contributed by atoms with Gasteiger partial charge in [0.25, 0.3) is 0 Å². The molecule has 0 bridgehead atoms. The Hall–Kier alpha value is -3.42. The van der Waals surface area contributed by atoms with Gasteiger partial charge in [-0.3, -0.25) is 4.57 Å². The second-order valence-electron chi connectivity index (χ2n) is 5.78. The largest absolute Gasteiger partial charge is 0.368 e. The van der Waals surface area contributed by atoms with Gasteiger partial charge >= 0.3 is 6.03 Å². The summed E-state index contributed by atoms with van der Waals surface area (Å²) < 4.78 is 1.88. The summed E-state index contributed by atoms with van der Waals surface area (Å²) in [6.45, 7) is 4.91. The molecule has 2 amide bonds. The zero-order valence-corrected chi connectivity index (χ0v) is 14.7. The van der Waals surface area contributed by atoms with E-state index in [1.807, 2.05) is 54.9 Å². The summed E-state index contributed by atoms with van der Waals surface area (Å²) in [7, 11) is 0. The van der Waals surface area contributed by atoms with Crippen molar-refractivity contribution < 1.29 is 4.79 Å². The molecule has 0 saturated heterocycles. The first-order valence-electron chi connectivity index (χ1n) is 8.29. The Labute approximate surface area is 151 Å². The van der Waals surface area contributed by atoms with E-state index < -0.39 is 0 Å². The van der Waals surface area contributed by atoms with Crippen LogP contribution in [0.3, 0.4) is 0 Å². The van der Waals surface area contributed by atoms with Gasteiger partial charge in [0, 0.05) is 37.2 Å². The lowest BCUT2D eigenvalue weighted by molar-refractivity contribution is 0.252. The zero-order valence-electron chi connectivity index (χ0n) is 14.7. The first kappa shape index (κ1) is 17.4. The first-order valence-corrected chi connectivity index (χ1v) is 8.29. The number of aryl methyl sites for hydroxylation is 2. The Morgan fingerprint density at radius 2 is 1.88 bits per heavy atom. The van der Waals surface area contributed by atoms with Crippen LogP contribution in [-0.2, 0) is 0 Å². The van der Waals surface area contributed by atoms with Crippen molar-refractivity contribution in [1.82, 2.24) is 24.8 Å². The van der Waals surface area contributed by atoms with Crippen LogP contribution in [0.2, 0.25) is 0 Å². The van der Waals surface area contributed by atoms with Gasteiger partial charge in [0.2, 0.25) is 0 Å². The Morgan fingerprint density at radius 1 is 1.08 bits per heavy atom. The molecule has 0 aliphatic heterocycles. The van der Waals surface area contributed by atoms with Crippen molar-refractivity contribution >= 4 is 17.5 Å². The number of hydrogen-bond donors (Lipinski definition) is 3. The molecule has 0 fully saturated rings. The number of hydrogen-bond acceptors (Lipinski definition) is 5. The van der Waals surface area contributed by atoms with Crippen molar-refractivity contribution in [3.8, 4) is 5.82 Å². The summed E-state index contributed by atoms with van der Waals surface area (Å²) in [6.07, 6.45) is 5.06. The second kappa shape index (κ2) is 8.11. The molecule has 3 aromatic rings. The minimum Gasteiger partial charge on any atom is -0.368 e. The Kier molecular flexibility index (Phi) is 5.43. The van der Waals surface area contributed by atoms with Gasteiger partial charge in [-0.15, -0.1) is 0 Å². The number of aromatic nitrogens is 4. The molecule has 3 rings (SSSR count). The number of amides is 2. The molecule has 2 aromatic heterocycles. The molecule has 2 heterocycles. The number of carbonyl (C=O) groups excluding carboxylic acids is 1. The fourth-order valence-electron chi connectivity index (χ4n) is 2.37. The molecule has 26 heavy (non-hydrogen) atoms. The maximum absolute atomic E-state index is 11.9. The fraction of sp³-hybridized carbons (Fsp3) is 0.222. The van der Waals surface area contributed by atoms with Crippen molar-refractivity contribution in [2.45, 2.75) is 13.8 Å². The molecule has 8 nitrogen and oxygen atoms in total. The van der Waals surface area contributed by atoms with Gasteiger partial charge in [0.15, 0.2) is 0 Å². The summed E-state index contributed by atoms with van der Waals surface area (Å²) in [5.41, 5.74) is 1.91. The lowest BCUT2D eigenvalue weighted by atomic mass is 10.2. The van der Waals surface area contributed by atoms with Gasteiger partial charge in [-0.05, 0) is 26.0 Å². The predicted molar refractivity (Wildman–Crippen MR) is 101 cm³/mol. The van der Waals surface area contributed by atoms with Crippen molar-refractivity contribution in [2.24, 2.45) is 0 Å². The third kappa shape index (κ3) is 4.56. The molecule has 0 atom stereocenters. The lowest BCUT2D eigenvalue weighted by Gasteiger charge is -2.10. The van der Waals surface area contributed by atoms with Gasteiger partial charge < -0.3 is 16.0 Å². The SMILES string of the molecule is Cc1ccc(NC(=O)NCCNc2cc(-n3ccnc3C)ncn2)cc1. The molecule has 8 heteroatoms. The topological polar surface area (TPSA) is 96.8 Å². The van der Waals surface area contributed by atoms with Crippen molar-refractivity contribution in [1.29, 1.82) is 0 Å². The predicted octanol–water partition coefficient (Wildman–Crippen LogP) is 2.51. The summed E-state index contributed by atoms with van der Waals surface area (Å²) in [6, 6.07) is 9.23. The van der Waals surface area contributed by atoms with Crippen LogP contribution in [0.1, 0.15) is 11.4 Å². The van der Waals surface area contributed by atoms with Gasteiger partial charge in [-0.25, -0.2) is 19.7 Å². The number of nitrogens with one attached hydrogen (secondary N) is 3. The maximum atomic E-state index is 11.9. The summed E-state index contributed by atoms with van der Waals surface area (Å²) >= 11 is 0. The van der Waals surface area contributed by atoms with E-state index in [-0.39, 0.29) is 6.03 Å². The van der Waals surface area contributed by atoms with Crippen LogP contribution in [0.4, 0.5) is 16.3 Å². The molecule has 0 aliphatic carbocycles. The maximum Gasteiger partial charge on any atom is 0.319 e. The number of nitrogens with zero attached hydrogens (tertiary/aromatic N) is 4. The first-order chi connectivity index (χ1) is 12.6. The lowest BCUT2D eigenvalue weighted by Crippen LogP contribution is -2.32. The van der Waals surface area contributed by atoms with Crippen LogP contribution in [0.5, 0.6) is 0 Å². The summed E-state index contributed by atoms with van der Waals surface area (Å²) in [5, 5.41) is 8.75. The normalized spacial score (nSPS) is 10.4. The Balaban J connectivity index is 1.46. The average Bonchev–Trinajstić information content (AvgIpc) is 3.07. The number of imidazole rings is 1. The van der Waals surface area contributed by atoms with E-state index in [0.717, 1.165) is 22.9 Å². The van der Waals surface area contributed by atoms with Gasteiger partial charge in [-0.1, -0.05) is 17.7 Å². The smallest absolute Gasteiger partial charge is 0.319 e. The minimum absolute atomic E-state index is 0.243. The monoisotopic (exact) mass is 351 g/mol. The van der Waals surface area contributed by atoms with Crippen molar-refractivity contribution in [2.75, 3.05) is 23.7 Å². The quantitative estimate of drug-likeness (QED) is 0.593. The van der Waals surface area contributed by atoms with Gasteiger partial charge in [0.1, 0.15) is 23.8 Å². The molecule has 0 unspecified atom stereocenters. The number of benzene rings is 1. The molecule has 0 aliphatic rings. The van der Waals surface area contributed by atoms with E-state index in [2.05, 4.69) is 30.9 Å². The van der Waals surface area contributed by atoms with Gasteiger partial charge in [0.05, 0.1) is 0 Å². The Morgan fingerprint density at radius 3 is 2.62 bits per heavy atom. The number of urea groups is 1. The Bertz CT molecular complexity index is 873. The van der Waals surface area contributed by atoms with Crippen LogP contribution >= 0.6 is 0 Å². The van der Waals surface area contributed by atoms with Crippen LogP contribution in [-0.4, -0.2) is 38.6 Å². The van der Waals surface area contributed by atoms with E-state index in [9.17, 15) is 4.79 Å². The minimum atomic E-state index is -0.243. The highest BCUT2D eigenvalue weighted by molar-refractivity contribution is 5.89. The van der Waals surface area contributed by atoms with E-state index in [4.69, 9.17) is 0 Å². The van der Waals surface area contributed by atoms with Gasteiger partial charge in [-0.2, -0.15) is 0 Å². The zero-order chi connectivity index (χ0) is 18.4. The molecule has 0 saturated carbocycles. The van der Waals surface area contributed by atoms with E-state index >= 15 is 0 Å². The number of anilines is 2. The highest BCUT2D eigenvalue weighted by Crippen LogP contribution is 2.10. The third-order valence-electron chi connectivity index (χ3n) is 3.75. The van der Waals surface area contributed by atoms with E-state index in [1.165, 1.54) is 6.33 Å².